The standard InChI is InChI=1S/C21H24BrClFNO3/c1-2-26-20-9-14(11-25-12-17-4-3-7-27-17)8-18(22)21(20)28-13-15-5-6-16(24)10-19(15)23/h5-6,8-10,17,25H,2-4,7,11-13H2,1H3/t17-/m1/s1. The number of hydrogen-bond acceptors (Lipinski definition) is 4. The van der Waals surface area contributed by atoms with Gasteiger partial charge in [-0.05, 0) is 65.5 Å². The van der Waals surface area contributed by atoms with Gasteiger partial charge in [-0.3, -0.25) is 0 Å². The van der Waals surface area contributed by atoms with E-state index in [1.807, 2.05) is 19.1 Å². The number of benzene rings is 2. The van der Waals surface area contributed by atoms with Crippen molar-refractivity contribution in [1.29, 1.82) is 0 Å². The first kappa shape index (κ1) is 21.4. The van der Waals surface area contributed by atoms with Crippen LogP contribution in [0.5, 0.6) is 11.5 Å². The smallest absolute Gasteiger partial charge is 0.175 e. The number of rotatable bonds is 9. The predicted molar refractivity (Wildman–Crippen MR) is 112 cm³/mol. The summed E-state index contributed by atoms with van der Waals surface area (Å²) < 4.78 is 31.4. The van der Waals surface area contributed by atoms with Gasteiger partial charge >= 0.3 is 0 Å². The van der Waals surface area contributed by atoms with E-state index in [1.54, 1.807) is 6.07 Å². The number of nitrogens with one attached hydrogen (secondary N) is 1. The molecule has 0 bridgehead atoms. The highest BCUT2D eigenvalue weighted by molar-refractivity contribution is 9.10. The molecule has 1 aliphatic heterocycles. The van der Waals surface area contributed by atoms with Crippen LogP contribution in [0.2, 0.25) is 5.02 Å². The van der Waals surface area contributed by atoms with E-state index >= 15 is 0 Å². The average Bonchev–Trinajstić information content (AvgIpc) is 3.16. The molecule has 0 aromatic heterocycles. The van der Waals surface area contributed by atoms with Crippen LogP contribution >= 0.6 is 27.5 Å². The van der Waals surface area contributed by atoms with Crippen LogP contribution in [0.25, 0.3) is 0 Å². The van der Waals surface area contributed by atoms with E-state index in [0.717, 1.165) is 36.0 Å². The molecule has 1 saturated heterocycles. The molecule has 4 nitrogen and oxygen atoms in total. The largest absolute Gasteiger partial charge is 0.490 e. The van der Waals surface area contributed by atoms with Gasteiger partial charge in [-0.2, -0.15) is 0 Å². The molecule has 1 heterocycles. The van der Waals surface area contributed by atoms with Crippen molar-refractivity contribution >= 4 is 27.5 Å². The van der Waals surface area contributed by atoms with Gasteiger partial charge in [0.15, 0.2) is 11.5 Å². The number of halogens is 3. The summed E-state index contributed by atoms with van der Waals surface area (Å²) in [5.74, 6) is 0.888. The third-order valence-corrected chi connectivity index (χ3v) is 5.42. The zero-order valence-corrected chi connectivity index (χ0v) is 18.1. The Morgan fingerprint density at radius 2 is 2.14 bits per heavy atom. The molecule has 7 heteroatoms. The molecule has 2 aromatic carbocycles. The van der Waals surface area contributed by atoms with Gasteiger partial charge in [0.25, 0.3) is 0 Å². The summed E-state index contributed by atoms with van der Waals surface area (Å²) in [7, 11) is 0. The van der Waals surface area contributed by atoms with Crippen LogP contribution in [0, 0.1) is 5.82 Å². The Balaban J connectivity index is 1.67. The van der Waals surface area contributed by atoms with E-state index < -0.39 is 0 Å². The Kier molecular flexibility index (Phi) is 7.97. The highest BCUT2D eigenvalue weighted by Gasteiger charge is 2.16. The van der Waals surface area contributed by atoms with Crippen molar-refractivity contribution in [2.24, 2.45) is 0 Å². The summed E-state index contributed by atoms with van der Waals surface area (Å²) in [4.78, 5) is 0. The quantitative estimate of drug-likeness (QED) is 0.524. The predicted octanol–water partition coefficient (Wildman–Crippen LogP) is 5.49. The van der Waals surface area contributed by atoms with Crippen LogP contribution in [0.1, 0.15) is 30.9 Å². The molecular formula is C21H24BrClFNO3. The van der Waals surface area contributed by atoms with Gasteiger partial charge in [0.05, 0.1) is 22.2 Å². The average molecular weight is 473 g/mol. The molecule has 3 rings (SSSR count). The lowest BCUT2D eigenvalue weighted by molar-refractivity contribution is 0.110. The van der Waals surface area contributed by atoms with Crippen LogP contribution in [0.4, 0.5) is 4.39 Å². The lowest BCUT2D eigenvalue weighted by Gasteiger charge is -2.17. The second kappa shape index (κ2) is 10.4. The van der Waals surface area contributed by atoms with Crippen molar-refractivity contribution in [3.8, 4) is 11.5 Å². The first-order valence-corrected chi connectivity index (χ1v) is 10.6. The normalized spacial score (nSPS) is 16.4. The highest BCUT2D eigenvalue weighted by atomic mass is 79.9. The van der Waals surface area contributed by atoms with Crippen molar-refractivity contribution in [3.63, 3.8) is 0 Å². The van der Waals surface area contributed by atoms with E-state index in [4.69, 9.17) is 25.8 Å². The summed E-state index contributed by atoms with van der Waals surface area (Å²) in [6, 6.07) is 8.24. The Bertz CT molecular complexity index is 799. The molecule has 1 fully saturated rings. The molecule has 2 aromatic rings. The third kappa shape index (κ3) is 5.83. The van der Waals surface area contributed by atoms with Crippen LogP contribution in [0.15, 0.2) is 34.8 Å². The molecule has 0 unspecified atom stereocenters. The maximum atomic E-state index is 13.2. The van der Waals surface area contributed by atoms with E-state index in [0.29, 0.717) is 41.3 Å². The summed E-state index contributed by atoms with van der Waals surface area (Å²) in [6.45, 7) is 5.07. The summed E-state index contributed by atoms with van der Waals surface area (Å²) in [5.41, 5.74) is 1.79. The van der Waals surface area contributed by atoms with Crippen molar-refractivity contribution in [3.05, 3.63) is 56.8 Å². The van der Waals surface area contributed by atoms with E-state index in [-0.39, 0.29) is 12.4 Å². The highest BCUT2D eigenvalue weighted by Crippen LogP contribution is 2.38. The van der Waals surface area contributed by atoms with Gasteiger partial charge in [-0.25, -0.2) is 4.39 Å². The van der Waals surface area contributed by atoms with Crippen molar-refractivity contribution in [2.45, 2.75) is 39.0 Å². The maximum absolute atomic E-state index is 13.2. The molecule has 0 radical (unpaired) electrons. The molecule has 1 N–H and O–H groups in total. The second-order valence-electron chi connectivity index (χ2n) is 6.63. The van der Waals surface area contributed by atoms with Crippen LogP contribution in [0.3, 0.4) is 0 Å². The van der Waals surface area contributed by atoms with Gasteiger partial charge in [-0.15, -0.1) is 0 Å². The van der Waals surface area contributed by atoms with Gasteiger partial charge in [0.1, 0.15) is 12.4 Å². The molecule has 0 amide bonds. The Labute approximate surface area is 178 Å². The van der Waals surface area contributed by atoms with Crippen molar-refractivity contribution in [1.82, 2.24) is 5.32 Å². The second-order valence-corrected chi connectivity index (χ2v) is 7.89. The first-order chi connectivity index (χ1) is 13.6. The topological polar surface area (TPSA) is 39.7 Å². The van der Waals surface area contributed by atoms with Crippen LogP contribution in [-0.4, -0.2) is 25.9 Å². The molecule has 28 heavy (non-hydrogen) atoms. The zero-order chi connectivity index (χ0) is 19.9. The number of hydrogen-bond donors (Lipinski definition) is 1. The Morgan fingerprint density at radius 1 is 1.29 bits per heavy atom. The molecule has 0 saturated carbocycles. The van der Waals surface area contributed by atoms with Gasteiger partial charge in [0, 0.05) is 25.3 Å². The molecule has 0 spiro atoms. The molecule has 1 aliphatic rings. The SMILES string of the molecule is CCOc1cc(CNC[C@H]2CCCO2)cc(Br)c1OCc1ccc(F)cc1Cl. The van der Waals surface area contributed by atoms with Crippen LogP contribution in [-0.2, 0) is 17.9 Å². The molecule has 152 valence electrons. The fourth-order valence-electron chi connectivity index (χ4n) is 3.10. The number of ether oxygens (including phenoxy) is 3. The van der Waals surface area contributed by atoms with E-state index in [1.165, 1.54) is 12.1 Å². The summed E-state index contributed by atoms with van der Waals surface area (Å²) >= 11 is 9.67. The summed E-state index contributed by atoms with van der Waals surface area (Å²) in [5, 5.41) is 3.77. The van der Waals surface area contributed by atoms with E-state index in [2.05, 4.69) is 21.2 Å². The molecule has 1 atom stereocenters. The minimum absolute atomic E-state index is 0.217. The monoisotopic (exact) mass is 471 g/mol. The third-order valence-electron chi connectivity index (χ3n) is 4.48. The lowest BCUT2D eigenvalue weighted by atomic mass is 10.2. The fourth-order valence-corrected chi connectivity index (χ4v) is 3.92. The van der Waals surface area contributed by atoms with Crippen molar-refractivity contribution < 1.29 is 18.6 Å². The van der Waals surface area contributed by atoms with Gasteiger partial charge in [-0.1, -0.05) is 17.7 Å². The van der Waals surface area contributed by atoms with Crippen LogP contribution < -0.4 is 14.8 Å². The first-order valence-electron chi connectivity index (χ1n) is 9.41. The molecular weight excluding hydrogens is 449 g/mol. The maximum Gasteiger partial charge on any atom is 0.175 e. The van der Waals surface area contributed by atoms with E-state index in [9.17, 15) is 4.39 Å². The van der Waals surface area contributed by atoms with Crippen molar-refractivity contribution in [2.75, 3.05) is 19.8 Å². The minimum Gasteiger partial charge on any atom is -0.490 e. The fraction of sp³-hybridized carbons (Fsp3) is 0.429. The summed E-state index contributed by atoms with van der Waals surface area (Å²) in [6.07, 6.45) is 2.55. The zero-order valence-electron chi connectivity index (χ0n) is 15.8. The minimum atomic E-state index is -0.371. The molecule has 0 aliphatic carbocycles. The van der Waals surface area contributed by atoms with Gasteiger partial charge < -0.3 is 19.5 Å². The lowest BCUT2D eigenvalue weighted by Crippen LogP contribution is -2.25. The van der Waals surface area contributed by atoms with Gasteiger partial charge in [0.2, 0.25) is 0 Å². The Hall–Kier alpha value is -1.34. The Morgan fingerprint density at radius 3 is 2.86 bits per heavy atom.